The molecule has 0 saturated heterocycles. The molecule has 0 fully saturated rings. The lowest BCUT2D eigenvalue weighted by molar-refractivity contribution is -0.157. The summed E-state index contributed by atoms with van der Waals surface area (Å²) < 4.78 is 39.3. The van der Waals surface area contributed by atoms with E-state index >= 15 is 0 Å². The predicted molar refractivity (Wildman–Crippen MR) is 89.0 cm³/mol. The van der Waals surface area contributed by atoms with Crippen molar-refractivity contribution in [3.63, 3.8) is 0 Å². The maximum Gasteiger partial charge on any atom is 0.391 e. The van der Waals surface area contributed by atoms with Gasteiger partial charge in [0.25, 0.3) is 5.91 Å². The van der Waals surface area contributed by atoms with E-state index in [4.69, 9.17) is 5.11 Å². The summed E-state index contributed by atoms with van der Waals surface area (Å²) in [6, 6.07) is 8.99. The minimum atomic E-state index is -4.69. The first-order valence-electron chi connectivity index (χ1n) is 7.89. The first-order chi connectivity index (χ1) is 12.1. The first-order valence-corrected chi connectivity index (χ1v) is 7.89. The smallest absolute Gasteiger partial charge is 0.391 e. The average molecular weight is 368 g/mol. The SMILES string of the molecule is Cc1cc(C(=O)NC(CC(F)(F)F)C(=O)O)c(C)n1Cc1ccccc1. The van der Waals surface area contributed by atoms with Crippen molar-refractivity contribution < 1.29 is 27.9 Å². The molecule has 2 rings (SSSR count). The number of carboxylic acid groups (broad SMARTS) is 1. The van der Waals surface area contributed by atoms with E-state index in [2.05, 4.69) is 0 Å². The highest BCUT2D eigenvalue weighted by Crippen LogP contribution is 2.23. The molecule has 2 N–H and O–H groups in total. The molecule has 140 valence electrons. The van der Waals surface area contributed by atoms with Gasteiger partial charge < -0.3 is 15.0 Å². The van der Waals surface area contributed by atoms with Crippen LogP contribution in [0.15, 0.2) is 36.4 Å². The molecule has 0 saturated carbocycles. The Morgan fingerprint density at radius 1 is 1.19 bits per heavy atom. The number of rotatable bonds is 6. The molecule has 0 aliphatic heterocycles. The van der Waals surface area contributed by atoms with Crippen molar-refractivity contribution in [3.8, 4) is 0 Å². The highest BCUT2D eigenvalue weighted by Gasteiger charge is 2.36. The zero-order chi connectivity index (χ0) is 19.5. The molecule has 0 spiro atoms. The van der Waals surface area contributed by atoms with E-state index in [0.717, 1.165) is 11.3 Å². The summed E-state index contributed by atoms with van der Waals surface area (Å²) in [7, 11) is 0. The Kier molecular flexibility index (Phi) is 5.74. The van der Waals surface area contributed by atoms with E-state index in [1.54, 1.807) is 19.9 Å². The van der Waals surface area contributed by atoms with Crippen molar-refractivity contribution in [1.29, 1.82) is 0 Å². The number of hydrogen-bond donors (Lipinski definition) is 2. The van der Waals surface area contributed by atoms with Gasteiger partial charge >= 0.3 is 12.1 Å². The molecule has 1 aromatic heterocycles. The van der Waals surface area contributed by atoms with E-state index in [9.17, 15) is 22.8 Å². The second-order valence-electron chi connectivity index (χ2n) is 6.04. The Labute approximate surface area is 148 Å². The average Bonchev–Trinajstić information content (AvgIpc) is 2.82. The number of carboxylic acids is 1. The van der Waals surface area contributed by atoms with Crippen molar-refractivity contribution in [1.82, 2.24) is 9.88 Å². The molecule has 1 amide bonds. The number of nitrogens with zero attached hydrogens (tertiary/aromatic N) is 1. The van der Waals surface area contributed by atoms with Crippen LogP contribution in [0, 0.1) is 13.8 Å². The lowest BCUT2D eigenvalue weighted by atomic mass is 10.1. The van der Waals surface area contributed by atoms with Gasteiger partial charge in [0.2, 0.25) is 0 Å². The largest absolute Gasteiger partial charge is 0.480 e. The summed E-state index contributed by atoms with van der Waals surface area (Å²) in [5.41, 5.74) is 2.47. The number of amides is 1. The lowest BCUT2D eigenvalue weighted by Crippen LogP contribution is -2.43. The van der Waals surface area contributed by atoms with Crippen LogP contribution in [-0.2, 0) is 11.3 Å². The highest BCUT2D eigenvalue weighted by molar-refractivity contribution is 5.97. The second-order valence-corrected chi connectivity index (χ2v) is 6.04. The Hall–Kier alpha value is -2.77. The molecule has 0 bridgehead atoms. The molecule has 1 unspecified atom stereocenters. The zero-order valence-corrected chi connectivity index (χ0v) is 14.3. The number of hydrogen-bond acceptors (Lipinski definition) is 2. The van der Waals surface area contributed by atoms with Crippen LogP contribution < -0.4 is 5.32 Å². The van der Waals surface area contributed by atoms with Crippen molar-refractivity contribution in [2.75, 3.05) is 0 Å². The van der Waals surface area contributed by atoms with Gasteiger partial charge in [-0.2, -0.15) is 13.2 Å². The fourth-order valence-corrected chi connectivity index (χ4v) is 2.71. The summed E-state index contributed by atoms with van der Waals surface area (Å²) in [4.78, 5) is 23.4. The van der Waals surface area contributed by atoms with Crippen LogP contribution >= 0.6 is 0 Å². The van der Waals surface area contributed by atoms with Gasteiger partial charge in [-0.1, -0.05) is 30.3 Å². The van der Waals surface area contributed by atoms with Crippen LogP contribution in [0.4, 0.5) is 13.2 Å². The minimum absolute atomic E-state index is 0.159. The molecule has 0 radical (unpaired) electrons. The van der Waals surface area contributed by atoms with Gasteiger partial charge in [-0.15, -0.1) is 0 Å². The summed E-state index contributed by atoms with van der Waals surface area (Å²) in [5, 5.41) is 10.9. The van der Waals surface area contributed by atoms with Crippen LogP contribution in [0.3, 0.4) is 0 Å². The Balaban J connectivity index is 2.21. The van der Waals surface area contributed by atoms with Gasteiger partial charge in [0.1, 0.15) is 6.04 Å². The number of alkyl halides is 3. The summed E-state index contributed by atoms with van der Waals surface area (Å²) in [6.45, 7) is 3.94. The summed E-state index contributed by atoms with van der Waals surface area (Å²) in [6.07, 6.45) is -6.32. The van der Waals surface area contributed by atoms with E-state index in [1.807, 2.05) is 40.2 Å². The van der Waals surface area contributed by atoms with Gasteiger partial charge in [-0.05, 0) is 25.5 Å². The second kappa shape index (κ2) is 7.63. The maximum atomic E-state index is 12.5. The van der Waals surface area contributed by atoms with Crippen LogP contribution in [0.1, 0.15) is 33.7 Å². The fourth-order valence-electron chi connectivity index (χ4n) is 2.71. The molecule has 5 nitrogen and oxygen atoms in total. The predicted octanol–water partition coefficient (Wildman–Crippen LogP) is 3.29. The van der Waals surface area contributed by atoms with E-state index in [-0.39, 0.29) is 5.56 Å². The van der Waals surface area contributed by atoms with Crippen LogP contribution in [0.2, 0.25) is 0 Å². The molecule has 26 heavy (non-hydrogen) atoms. The number of aliphatic carboxylic acids is 1. The van der Waals surface area contributed by atoms with Crippen molar-refractivity contribution in [2.24, 2.45) is 0 Å². The molecule has 1 atom stereocenters. The summed E-state index contributed by atoms with van der Waals surface area (Å²) >= 11 is 0. The molecule has 0 aliphatic carbocycles. The number of nitrogens with one attached hydrogen (secondary N) is 1. The number of carbonyl (C=O) groups is 2. The van der Waals surface area contributed by atoms with Crippen molar-refractivity contribution in [3.05, 3.63) is 58.9 Å². The molecule has 2 aromatic rings. The maximum absolute atomic E-state index is 12.5. The standard InChI is InChI=1S/C18H19F3N2O3/c1-11-8-14(12(2)23(11)10-13-6-4-3-5-7-13)16(24)22-15(17(25)26)9-18(19,20)21/h3-8,15H,9-10H2,1-2H3,(H,22,24)(H,25,26). The number of aromatic nitrogens is 1. The third kappa shape index (κ3) is 4.87. The highest BCUT2D eigenvalue weighted by atomic mass is 19.4. The topological polar surface area (TPSA) is 71.3 Å². The van der Waals surface area contributed by atoms with Crippen molar-refractivity contribution in [2.45, 2.75) is 39.0 Å². The number of aryl methyl sites for hydroxylation is 1. The summed E-state index contributed by atoms with van der Waals surface area (Å²) in [5.74, 6) is -2.57. The molecular formula is C18H19F3N2O3. The monoisotopic (exact) mass is 368 g/mol. The number of carbonyl (C=O) groups excluding carboxylic acids is 1. The molecule has 8 heteroatoms. The van der Waals surface area contributed by atoms with Gasteiger partial charge in [-0.25, -0.2) is 4.79 Å². The number of halogens is 3. The fraction of sp³-hybridized carbons (Fsp3) is 0.333. The Morgan fingerprint density at radius 3 is 2.35 bits per heavy atom. The van der Waals surface area contributed by atoms with Gasteiger partial charge in [0, 0.05) is 17.9 Å². The Morgan fingerprint density at radius 2 is 1.81 bits per heavy atom. The van der Waals surface area contributed by atoms with E-state index in [0.29, 0.717) is 12.2 Å². The van der Waals surface area contributed by atoms with Crippen LogP contribution in [-0.4, -0.2) is 33.8 Å². The number of benzene rings is 1. The molecular weight excluding hydrogens is 349 g/mol. The Bertz CT molecular complexity index is 798. The lowest BCUT2D eigenvalue weighted by Gasteiger charge is -2.16. The third-order valence-corrected chi connectivity index (χ3v) is 4.04. The van der Waals surface area contributed by atoms with Gasteiger partial charge in [0.15, 0.2) is 0 Å². The van der Waals surface area contributed by atoms with E-state index in [1.165, 1.54) is 0 Å². The zero-order valence-electron chi connectivity index (χ0n) is 14.3. The minimum Gasteiger partial charge on any atom is -0.480 e. The van der Waals surface area contributed by atoms with Gasteiger partial charge in [0.05, 0.1) is 12.0 Å². The van der Waals surface area contributed by atoms with Crippen LogP contribution in [0.5, 0.6) is 0 Å². The molecule has 1 heterocycles. The quantitative estimate of drug-likeness (QED) is 0.822. The normalized spacial score (nSPS) is 12.7. The molecule has 0 aliphatic rings. The van der Waals surface area contributed by atoms with Gasteiger partial charge in [-0.3, -0.25) is 4.79 Å². The van der Waals surface area contributed by atoms with Crippen LogP contribution in [0.25, 0.3) is 0 Å². The van der Waals surface area contributed by atoms with E-state index < -0.39 is 30.5 Å². The first kappa shape index (κ1) is 19.6. The molecule has 1 aromatic carbocycles. The van der Waals surface area contributed by atoms with Crippen molar-refractivity contribution >= 4 is 11.9 Å². The third-order valence-electron chi connectivity index (χ3n) is 4.04.